The Balaban J connectivity index is 1.14. The van der Waals surface area contributed by atoms with Gasteiger partial charge in [-0.3, -0.25) is 0 Å². The summed E-state index contributed by atoms with van der Waals surface area (Å²) in [6.45, 7) is 0. The van der Waals surface area contributed by atoms with Gasteiger partial charge >= 0.3 is 0 Å². The van der Waals surface area contributed by atoms with Gasteiger partial charge in [0.25, 0.3) is 0 Å². The highest BCUT2D eigenvalue weighted by Gasteiger charge is 2.20. The molecule has 11 aromatic carbocycles. The number of rotatable bonds is 4. The zero-order chi connectivity index (χ0) is 36.0. The minimum absolute atomic E-state index is 0.913. The molecular weight excluding hydrogens is 665 g/mol. The standard InChI is InChI=1S/C54H32O/c1-3-11-36-29-40(21-19-33(36)9-1)42-25-23-35-24-26-46-50(41-22-20-34-10-2-4-12-37(34)30-41)32-49(47-28-27-45(42)52(35)53(46)47)39-14-7-13-38(31-39)43-16-8-17-48-44-15-5-6-18-51(44)55-54(43)48/h1-32H. The molecule has 0 radical (unpaired) electrons. The van der Waals surface area contributed by atoms with Crippen LogP contribution in [0.5, 0.6) is 0 Å². The number of para-hydroxylation sites is 2. The van der Waals surface area contributed by atoms with Crippen LogP contribution >= 0.6 is 0 Å². The summed E-state index contributed by atoms with van der Waals surface area (Å²) < 4.78 is 6.51. The van der Waals surface area contributed by atoms with Crippen molar-refractivity contribution in [1.82, 2.24) is 0 Å². The third-order valence-electron chi connectivity index (χ3n) is 11.8. The summed E-state index contributed by atoms with van der Waals surface area (Å²) in [4.78, 5) is 0. The Bertz CT molecular complexity index is 3490. The van der Waals surface area contributed by atoms with Crippen LogP contribution in [0.2, 0.25) is 0 Å². The van der Waals surface area contributed by atoms with Crippen molar-refractivity contribution in [3.63, 3.8) is 0 Å². The van der Waals surface area contributed by atoms with Gasteiger partial charge in [0.05, 0.1) is 0 Å². The van der Waals surface area contributed by atoms with E-state index in [1.54, 1.807) is 0 Å². The van der Waals surface area contributed by atoms with E-state index in [1.165, 1.54) is 87.2 Å². The summed E-state index contributed by atoms with van der Waals surface area (Å²) in [5, 5.41) is 15.0. The maximum absolute atomic E-state index is 6.51. The molecular formula is C54H32O. The first kappa shape index (κ1) is 30.3. The molecule has 1 heterocycles. The van der Waals surface area contributed by atoms with E-state index in [4.69, 9.17) is 4.42 Å². The first-order valence-corrected chi connectivity index (χ1v) is 19.0. The minimum Gasteiger partial charge on any atom is -0.455 e. The second-order valence-corrected chi connectivity index (χ2v) is 14.8. The number of hydrogen-bond donors (Lipinski definition) is 0. The summed E-state index contributed by atoms with van der Waals surface area (Å²) in [5.41, 5.74) is 11.4. The van der Waals surface area contributed by atoms with Crippen LogP contribution in [0.1, 0.15) is 0 Å². The largest absolute Gasteiger partial charge is 0.455 e. The summed E-state index contributed by atoms with van der Waals surface area (Å²) >= 11 is 0. The topological polar surface area (TPSA) is 13.1 Å². The molecule has 55 heavy (non-hydrogen) atoms. The normalized spacial score (nSPS) is 12.0. The van der Waals surface area contributed by atoms with Crippen LogP contribution in [-0.2, 0) is 0 Å². The second kappa shape index (κ2) is 11.6. The van der Waals surface area contributed by atoms with E-state index in [1.807, 2.05) is 6.07 Å². The maximum atomic E-state index is 6.51. The Hall–Kier alpha value is -7.22. The Morgan fingerprint density at radius 1 is 0.255 bits per heavy atom. The highest BCUT2D eigenvalue weighted by molar-refractivity contribution is 6.30. The summed E-state index contributed by atoms with van der Waals surface area (Å²) in [6.07, 6.45) is 0. The van der Waals surface area contributed by atoms with Gasteiger partial charge in [0.1, 0.15) is 11.2 Å². The van der Waals surface area contributed by atoms with Gasteiger partial charge in [-0.1, -0.05) is 164 Å². The zero-order valence-corrected chi connectivity index (χ0v) is 29.9. The predicted octanol–water partition coefficient (Wildman–Crippen LogP) is 15.5. The molecule has 0 aliphatic carbocycles. The van der Waals surface area contributed by atoms with Crippen molar-refractivity contribution >= 4 is 75.8 Å². The lowest BCUT2D eigenvalue weighted by Crippen LogP contribution is -1.93. The molecule has 0 aliphatic rings. The first-order chi connectivity index (χ1) is 27.2. The van der Waals surface area contributed by atoms with Crippen molar-refractivity contribution in [2.45, 2.75) is 0 Å². The average Bonchev–Trinajstić information content (AvgIpc) is 3.64. The average molecular weight is 697 g/mol. The lowest BCUT2D eigenvalue weighted by Gasteiger charge is -2.20. The summed E-state index contributed by atoms with van der Waals surface area (Å²) in [6, 6.07) is 71.3. The molecule has 1 heteroatoms. The van der Waals surface area contributed by atoms with Crippen molar-refractivity contribution < 1.29 is 4.42 Å². The van der Waals surface area contributed by atoms with Crippen molar-refractivity contribution in [2.75, 3.05) is 0 Å². The van der Waals surface area contributed by atoms with Crippen LogP contribution in [0, 0.1) is 0 Å². The molecule has 0 saturated carbocycles. The molecule has 12 aromatic rings. The van der Waals surface area contributed by atoms with E-state index < -0.39 is 0 Å². The van der Waals surface area contributed by atoms with Gasteiger partial charge in [-0.2, -0.15) is 0 Å². The van der Waals surface area contributed by atoms with Crippen molar-refractivity contribution in [1.29, 1.82) is 0 Å². The molecule has 0 fully saturated rings. The van der Waals surface area contributed by atoms with E-state index >= 15 is 0 Å². The molecule has 0 bridgehead atoms. The molecule has 0 N–H and O–H groups in total. The minimum atomic E-state index is 0.913. The fraction of sp³-hybridized carbons (Fsp3) is 0. The third-order valence-corrected chi connectivity index (χ3v) is 11.8. The van der Waals surface area contributed by atoms with Gasteiger partial charge in [-0.15, -0.1) is 0 Å². The van der Waals surface area contributed by atoms with Crippen LogP contribution in [0.15, 0.2) is 199 Å². The van der Waals surface area contributed by atoms with E-state index in [-0.39, 0.29) is 0 Å². The summed E-state index contributed by atoms with van der Waals surface area (Å²) in [7, 11) is 0. The molecule has 0 saturated heterocycles. The van der Waals surface area contributed by atoms with Crippen LogP contribution in [0.4, 0.5) is 0 Å². The van der Waals surface area contributed by atoms with E-state index in [2.05, 4.69) is 188 Å². The molecule has 12 rings (SSSR count). The van der Waals surface area contributed by atoms with Gasteiger partial charge in [0.2, 0.25) is 0 Å². The first-order valence-electron chi connectivity index (χ1n) is 19.0. The van der Waals surface area contributed by atoms with Crippen LogP contribution in [0.3, 0.4) is 0 Å². The SMILES string of the molecule is c1cc(-c2cc(-c3ccc4ccccc4c3)c3ccc4ccc(-c5ccc6ccccc6c5)c5ccc2c3c45)cc(-c2cccc3c2oc2ccccc23)c1. The fourth-order valence-electron chi connectivity index (χ4n) is 9.17. The van der Waals surface area contributed by atoms with Gasteiger partial charge in [-0.05, 0) is 123 Å². The molecule has 0 amide bonds. The Kier molecular flexibility index (Phi) is 6.40. The Morgan fingerprint density at radius 2 is 0.782 bits per heavy atom. The third kappa shape index (κ3) is 4.60. The zero-order valence-electron chi connectivity index (χ0n) is 29.9. The maximum Gasteiger partial charge on any atom is 0.143 e. The van der Waals surface area contributed by atoms with Crippen molar-refractivity contribution in [2.24, 2.45) is 0 Å². The molecule has 1 aromatic heterocycles. The molecule has 0 atom stereocenters. The van der Waals surface area contributed by atoms with Gasteiger partial charge in [-0.25, -0.2) is 0 Å². The second-order valence-electron chi connectivity index (χ2n) is 14.8. The molecule has 254 valence electrons. The van der Waals surface area contributed by atoms with Gasteiger partial charge in [0, 0.05) is 16.3 Å². The van der Waals surface area contributed by atoms with Crippen LogP contribution < -0.4 is 0 Å². The summed E-state index contributed by atoms with van der Waals surface area (Å²) in [5.74, 6) is 0. The van der Waals surface area contributed by atoms with Gasteiger partial charge in [0.15, 0.2) is 0 Å². The Morgan fingerprint density at radius 3 is 1.53 bits per heavy atom. The monoisotopic (exact) mass is 696 g/mol. The lowest BCUT2D eigenvalue weighted by atomic mass is 9.83. The molecule has 0 aliphatic heterocycles. The van der Waals surface area contributed by atoms with Crippen LogP contribution in [-0.4, -0.2) is 0 Å². The highest BCUT2D eigenvalue weighted by Crippen LogP contribution is 2.47. The smallest absolute Gasteiger partial charge is 0.143 e. The van der Waals surface area contributed by atoms with E-state index in [9.17, 15) is 0 Å². The van der Waals surface area contributed by atoms with Crippen LogP contribution in [0.25, 0.3) is 120 Å². The number of benzene rings is 11. The van der Waals surface area contributed by atoms with Gasteiger partial charge < -0.3 is 4.42 Å². The molecule has 0 unspecified atom stereocenters. The highest BCUT2D eigenvalue weighted by atomic mass is 16.3. The fourth-order valence-corrected chi connectivity index (χ4v) is 9.17. The molecule has 1 nitrogen and oxygen atoms in total. The van der Waals surface area contributed by atoms with Crippen molar-refractivity contribution in [3.8, 4) is 44.5 Å². The quantitative estimate of drug-likeness (QED) is 0.167. The predicted molar refractivity (Wildman–Crippen MR) is 234 cm³/mol. The number of furan rings is 1. The Labute approximate surface area is 317 Å². The lowest BCUT2D eigenvalue weighted by molar-refractivity contribution is 0.670. The van der Waals surface area contributed by atoms with Crippen molar-refractivity contribution in [3.05, 3.63) is 194 Å². The molecule has 0 spiro atoms. The number of fused-ring (bicyclic) bond motifs is 5. The number of hydrogen-bond acceptors (Lipinski definition) is 1. The van der Waals surface area contributed by atoms with E-state index in [0.717, 1.165) is 33.1 Å². The van der Waals surface area contributed by atoms with E-state index in [0.29, 0.717) is 0 Å².